The van der Waals surface area contributed by atoms with E-state index in [-0.39, 0.29) is 5.92 Å². The van der Waals surface area contributed by atoms with Gasteiger partial charge in [-0.3, -0.25) is 9.69 Å². The van der Waals surface area contributed by atoms with Gasteiger partial charge in [-0.15, -0.1) is 0 Å². The summed E-state index contributed by atoms with van der Waals surface area (Å²) in [6, 6.07) is 7.72. The van der Waals surface area contributed by atoms with Gasteiger partial charge in [0.15, 0.2) is 0 Å². The third-order valence-corrected chi connectivity index (χ3v) is 5.58. The molecular weight excluding hydrogens is 334 g/mol. The number of benzene rings is 1. The first kappa shape index (κ1) is 17.1. The number of carboxylic acids is 1. The highest BCUT2D eigenvalue weighted by molar-refractivity contribution is 5.76. The number of carboxylic acid groups (broad SMARTS) is 1. The summed E-state index contributed by atoms with van der Waals surface area (Å²) in [4.78, 5) is 14.1. The maximum absolute atomic E-state index is 11.9. The van der Waals surface area contributed by atoms with Crippen LogP contribution in [0.15, 0.2) is 36.7 Å². The normalized spacial score (nSPS) is 25.8. The Morgan fingerprint density at radius 2 is 2.31 bits per heavy atom. The molecule has 2 aliphatic rings. The number of carbonyl (C=O) groups is 1. The van der Waals surface area contributed by atoms with Crippen molar-refractivity contribution < 1.29 is 19.4 Å². The molecule has 138 valence electrons. The number of fused-ring (bicyclic) bond motifs is 1. The highest BCUT2D eigenvalue weighted by atomic mass is 16.5. The second-order valence-corrected chi connectivity index (χ2v) is 7.12. The Hall–Kier alpha value is -2.38. The van der Waals surface area contributed by atoms with E-state index in [0.29, 0.717) is 32.7 Å². The minimum absolute atomic E-state index is 0.0537. The highest BCUT2D eigenvalue weighted by Gasteiger charge is 2.53. The zero-order chi connectivity index (χ0) is 18.1. The van der Waals surface area contributed by atoms with Gasteiger partial charge in [0.05, 0.1) is 25.3 Å². The molecule has 2 saturated heterocycles. The van der Waals surface area contributed by atoms with Crippen molar-refractivity contribution in [3.05, 3.63) is 42.2 Å². The number of rotatable bonds is 5. The van der Waals surface area contributed by atoms with Gasteiger partial charge in [0.2, 0.25) is 0 Å². The molecule has 0 bridgehead atoms. The van der Waals surface area contributed by atoms with E-state index in [4.69, 9.17) is 9.47 Å². The number of para-hydroxylation sites is 2. The molecule has 0 amide bonds. The van der Waals surface area contributed by atoms with Crippen LogP contribution in [0.4, 0.5) is 0 Å². The molecule has 1 aromatic carbocycles. The molecule has 1 N–H and O–H groups in total. The fourth-order valence-corrected chi connectivity index (χ4v) is 4.17. The van der Waals surface area contributed by atoms with Crippen LogP contribution >= 0.6 is 0 Å². The summed E-state index contributed by atoms with van der Waals surface area (Å²) in [6.45, 7) is 3.05. The number of aliphatic carboxylic acids is 1. The summed E-state index contributed by atoms with van der Waals surface area (Å²) in [7, 11) is 1.64. The molecule has 0 radical (unpaired) electrons. The molecule has 2 aromatic rings. The van der Waals surface area contributed by atoms with E-state index in [9.17, 15) is 9.90 Å². The molecule has 7 heteroatoms. The minimum atomic E-state index is -0.696. The maximum Gasteiger partial charge on any atom is 0.311 e. The van der Waals surface area contributed by atoms with Crippen LogP contribution in [0, 0.1) is 11.3 Å². The van der Waals surface area contributed by atoms with Crippen molar-refractivity contribution in [2.24, 2.45) is 11.3 Å². The first-order valence-corrected chi connectivity index (χ1v) is 8.83. The SMILES string of the molecule is COc1ccccc1-n1cc(CN2C[C@@H]3COCC[C@]3(C(=O)O)C2)cn1. The molecule has 0 saturated carbocycles. The first-order valence-electron chi connectivity index (χ1n) is 8.83. The molecule has 0 aliphatic carbocycles. The number of ether oxygens (including phenoxy) is 2. The first-order chi connectivity index (χ1) is 12.6. The van der Waals surface area contributed by atoms with Crippen LogP contribution in [0.3, 0.4) is 0 Å². The average Bonchev–Trinajstić information content (AvgIpc) is 3.26. The topological polar surface area (TPSA) is 76.8 Å². The molecule has 0 unspecified atom stereocenters. The van der Waals surface area contributed by atoms with Crippen LogP contribution in [0.25, 0.3) is 5.69 Å². The lowest BCUT2D eigenvalue weighted by molar-refractivity contribution is -0.157. The van der Waals surface area contributed by atoms with Gasteiger partial charge in [0.1, 0.15) is 11.4 Å². The van der Waals surface area contributed by atoms with Crippen LogP contribution in [0.2, 0.25) is 0 Å². The van der Waals surface area contributed by atoms with Crippen molar-refractivity contribution in [3.63, 3.8) is 0 Å². The Bertz CT molecular complexity index is 806. The summed E-state index contributed by atoms with van der Waals surface area (Å²) < 4.78 is 12.7. The molecule has 26 heavy (non-hydrogen) atoms. The molecule has 4 rings (SSSR count). The Kier molecular flexibility index (Phi) is 4.42. The fourth-order valence-electron chi connectivity index (χ4n) is 4.17. The van der Waals surface area contributed by atoms with Gasteiger partial charge < -0.3 is 14.6 Å². The van der Waals surface area contributed by atoms with Crippen molar-refractivity contribution in [1.82, 2.24) is 14.7 Å². The van der Waals surface area contributed by atoms with Gasteiger partial charge in [-0.1, -0.05) is 12.1 Å². The smallest absolute Gasteiger partial charge is 0.311 e. The number of hydrogen-bond donors (Lipinski definition) is 1. The lowest BCUT2D eigenvalue weighted by Gasteiger charge is -2.34. The number of methoxy groups -OCH3 is 1. The predicted molar refractivity (Wildman–Crippen MR) is 94.4 cm³/mol. The summed E-state index contributed by atoms with van der Waals surface area (Å²) in [5.74, 6) is 0.118. The van der Waals surface area contributed by atoms with E-state index in [1.165, 1.54) is 0 Å². The third kappa shape index (κ3) is 2.87. The van der Waals surface area contributed by atoms with Crippen molar-refractivity contribution >= 4 is 5.97 Å². The molecular formula is C19H23N3O4. The summed E-state index contributed by atoms with van der Waals surface area (Å²) in [6.07, 6.45) is 4.39. The molecule has 7 nitrogen and oxygen atoms in total. The Balaban J connectivity index is 1.51. The standard InChI is InChI=1S/C19H23N3O4/c1-25-17-5-3-2-4-16(17)22-10-14(8-20-22)9-21-11-15-12-26-7-6-19(15,13-21)18(23)24/h2-5,8,10,15H,6-7,9,11-13H2,1H3,(H,23,24)/t15-,19+/m1/s1. The second-order valence-electron chi connectivity index (χ2n) is 7.12. The lowest BCUT2D eigenvalue weighted by atomic mass is 9.74. The van der Waals surface area contributed by atoms with Crippen LogP contribution < -0.4 is 4.74 Å². The molecule has 0 spiro atoms. The van der Waals surface area contributed by atoms with Crippen LogP contribution in [0.5, 0.6) is 5.75 Å². The molecule has 2 fully saturated rings. The van der Waals surface area contributed by atoms with Crippen LogP contribution in [0.1, 0.15) is 12.0 Å². The highest BCUT2D eigenvalue weighted by Crippen LogP contribution is 2.42. The van der Waals surface area contributed by atoms with Gasteiger partial charge in [0.25, 0.3) is 0 Å². The zero-order valence-corrected chi connectivity index (χ0v) is 14.8. The Morgan fingerprint density at radius 1 is 1.46 bits per heavy atom. The largest absolute Gasteiger partial charge is 0.494 e. The van der Waals surface area contributed by atoms with Crippen molar-refractivity contribution in [2.45, 2.75) is 13.0 Å². The van der Waals surface area contributed by atoms with Crippen molar-refractivity contribution in [2.75, 3.05) is 33.4 Å². The molecule has 3 heterocycles. The molecule has 2 aliphatic heterocycles. The van der Waals surface area contributed by atoms with Gasteiger partial charge in [-0.25, -0.2) is 4.68 Å². The van der Waals surface area contributed by atoms with Crippen molar-refractivity contribution in [1.29, 1.82) is 0 Å². The van der Waals surface area contributed by atoms with Crippen LogP contribution in [-0.4, -0.2) is 59.2 Å². The van der Waals surface area contributed by atoms with Crippen LogP contribution in [-0.2, 0) is 16.1 Å². The Morgan fingerprint density at radius 3 is 3.08 bits per heavy atom. The summed E-state index contributed by atoms with van der Waals surface area (Å²) in [5.41, 5.74) is 1.26. The predicted octanol–water partition coefficient (Wildman–Crippen LogP) is 1.80. The molecule has 1 aromatic heterocycles. The number of likely N-dealkylation sites (tertiary alicyclic amines) is 1. The number of nitrogens with zero attached hydrogens (tertiary/aromatic N) is 3. The average molecular weight is 357 g/mol. The van der Waals surface area contributed by atoms with Gasteiger partial charge in [-0.2, -0.15) is 5.10 Å². The second kappa shape index (κ2) is 6.74. The van der Waals surface area contributed by atoms with Gasteiger partial charge in [0, 0.05) is 43.9 Å². The summed E-state index contributed by atoms with van der Waals surface area (Å²) in [5, 5.41) is 14.2. The summed E-state index contributed by atoms with van der Waals surface area (Å²) >= 11 is 0. The fraction of sp³-hybridized carbons (Fsp3) is 0.474. The van der Waals surface area contributed by atoms with E-state index in [2.05, 4.69) is 10.00 Å². The van der Waals surface area contributed by atoms with E-state index >= 15 is 0 Å². The van der Waals surface area contributed by atoms with E-state index < -0.39 is 11.4 Å². The zero-order valence-electron chi connectivity index (χ0n) is 14.8. The maximum atomic E-state index is 11.9. The number of hydrogen-bond acceptors (Lipinski definition) is 5. The van der Waals surface area contributed by atoms with E-state index in [0.717, 1.165) is 23.5 Å². The van der Waals surface area contributed by atoms with Crippen molar-refractivity contribution in [3.8, 4) is 11.4 Å². The quantitative estimate of drug-likeness (QED) is 0.879. The van der Waals surface area contributed by atoms with E-state index in [1.807, 2.05) is 36.7 Å². The van der Waals surface area contributed by atoms with E-state index in [1.54, 1.807) is 11.8 Å². The Labute approximate surface area is 152 Å². The van der Waals surface area contributed by atoms with Gasteiger partial charge >= 0.3 is 5.97 Å². The molecule has 2 atom stereocenters. The number of aromatic nitrogens is 2. The third-order valence-electron chi connectivity index (χ3n) is 5.58. The minimum Gasteiger partial charge on any atom is -0.494 e. The monoisotopic (exact) mass is 357 g/mol. The lowest BCUT2D eigenvalue weighted by Crippen LogP contribution is -2.44. The van der Waals surface area contributed by atoms with Gasteiger partial charge in [-0.05, 0) is 18.6 Å².